The molecule has 7 nitrogen and oxygen atoms in total. The number of carbonyl (C=O) groups excluding carboxylic acids is 3. The molecule has 2 aromatic carbocycles. The summed E-state index contributed by atoms with van der Waals surface area (Å²) in [5.41, 5.74) is 3.95. The summed E-state index contributed by atoms with van der Waals surface area (Å²) in [6, 6.07) is 17.4. The van der Waals surface area contributed by atoms with Gasteiger partial charge < -0.3 is 19.4 Å². The number of hydrogen-bond acceptors (Lipinski definition) is 5. The molecule has 0 fully saturated rings. The summed E-state index contributed by atoms with van der Waals surface area (Å²) in [6.07, 6.45) is 0. The van der Waals surface area contributed by atoms with Crippen LogP contribution in [0.5, 0.6) is 0 Å². The van der Waals surface area contributed by atoms with Gasteiger partial charge in [0, 0.05) is 17.1 Å². The maximum absolute atomic E-state index is 12.3. The third kappa shape index (κ3) is 4.57. The third-order valence-electron chi connectivity index (χ3n) is 4.57. The zero-order chi connectivity index (χ0) is 21.7. The van der Waals surface area contributed by atoms with Crippen molar-refractivity contribution in [3.05, 3.63) is 83.2 Å². The van der Waals surface area contributed by atoms with Gasteiger partial charge in [0.1, 0.15) is 0 Å². The highest BCUT2D eigenvalue weighted by molar-refractivity contribution is 6.02. The molecule has 0 bridgehead atoms. The lowest BCUT2D eigenvalue weighted by atomic mass is 10.2. The highest BCUT2D eigenvalue weighted by Gasteiger charge is 2.15. The summed E-state index contributed by atoms with van der Waals surface area (Å²) < 4.78 is 11.9. The Hall–Kier alpha value is -3.87. The molecule has 1 heterocycles. The second-order valence-corrected chi connectivity index (χ2v) is 6.66. The second-order valence-electron chi connectivity index (χ2n) is 6.66. The molecule has 30 heavy (non-hydrogen) atoms. The summed E-state index contributed by atoms with van der Waals surface area (Å²) in [7, 11) is 1.26. The topological polar surface area (TPSA) is 86.6 Å². The fourth-order valence-corrected chi connectivity index (χ4v) is 3.10. The molecular formula is C23H22N2O5. The van der Waals surface area contributed by atoms with Crippen molar-refractivity contribution in [1.29, 1.82) is 0 Å². The Labute approximate surface area is 174 Å². The van der Waals surface area contributed by atoms with Gasteiger partial charge in [-0.05, 0) is 62.4 Å². The van der Waals surface area contributed by atoms with Crippen LogP contribution in [-0.2, 0) is 14.3 Å². The first-order chi connectivity index (χ1) is 14.4. The van der Waals surface area contributed by atoms with Crippen LogP contribution in [-0.4, -0.2) is 36.1 Å². The number of anilines is 1. The van der Waals surface area contributed by atoms with Gasteiger partial charge in [-0.25, -0.2) is 9.59 Å². The number of carbonyl (C=O) groups is 3. The fourth-order valence-electron chi connectivity index (χ4n) is 3.10. The van der Waals surface area contributed by atoms with Gasteiger partial charge in [0.15, 0.2) is 6.61 Å². The van der Waals surface area contributed by atoms with Crippen molar-refractivity contribution in [2.24, 2.45) is 0 Å². The van der Waals surface area contributed by atoms with Crippen molar-refractivity contribution in [1.82, 2.24) is 4.57 Å². The van der Waals surface area contributed by atoms with Crippen molar-refractivity contribution in [3.8, 4) is 5.69 Å². The van der Waals surface area contributed by atoms with Gasteiger partial charge in [-0.15, -0.1) is 0 Å². The van der Waals surface area contributed by atoms with Crippen molar-refractivity contribution in [2.75, 3.05) is 19.0 Å². The summed E-state index contributed by atoms with van der Waals surface area (Å²) in [5, 5.41) is 2.55. The molecule has 0 radical (unpaired) electrons. The molecule has 1 amide bonds. The number of aryl methyl sites for hydroxylation is 2. The Balaban J connectivity index is 1.61. The standard InChI is InChI=1S/C23H22N2O5/c1-15-8-9-16(2)25(15)18-12-10-17(11-13-18)22(27)30-14-21(26)24-20-7-5-4-6-19(20)23(28)29-3/h4-13H,14H2,1-3H3,(H,24,26). The normalized spacial score (nSPS) is 10.4. The number of rotatable bonds is 6. The van der Waals surface area contributed by atoms with E-state index in [1.54, 1.807) is 30.3 Å². The van der Waals surface area contributed by atoms with E-state index in [1.165, 1.54) is 13.2 Å². The molecule has 0 saturated heterocycles. The van der Waals surface area contributed by atoms with Crippen molar-refractivity contribution in [2.45, 2.75) is 13.8 Å². The van der Waals surface area contributed by atoms with Gasteiger partial charge in [-0.2, -0.15) is 0 Å². The monoisotopic (exact) mass is 406 g/mol. The van der Waals surface area contributed by atoms with Crippen molar-refractivity contribution >= 4 is 23.5 Å². The van der Waals surface area contributed by atoms with E-state index in [0.29, 0.717) is 5.56 Å². The van der Waals surface area contributed by atoms with Gasteiger partial charge in [0.25, 0.3) is 5.91 Å². The molecule has 3 aromatic rings. The molecule has 0 unspecified atom stereocenters. The first kappa shape index (κ1) is 20.9. The largest absolute Gasteiger partial charge is 0.465 e. The zero-order valence-corrected chi connectivity index (χ0v) is 17.0. The average molecular weight is 406 g/mol. The number of benzene rings is 2. The lowest BCUT2D eigenvalue weighted by Gasteiger charge is -2.11. The van der Waals surface area contributed by atoms with Crippen LogP contribution in [0, 0.1) is 13.8 Å². The van der Waals surface area contributed by atoms with Crippen LogP contribution < -0.4 is 5.32 Å². The van der Waals surface area contributed by atoms with Gasteiger partial charge in [0.2, 0.25) is 0 Å². The van der Waals surface area contributed by atoms with Crippen LogP contribution in [0.15, 0.2) is 60.7 Å². The van der Waals surface area contributed by atoms with E-state index in [9.17, 15) is 14.4 Å². The molecule has 1 N–H and O–H groups in total. The predicted octanol–water partition coefficient (Wildman–Crippen LogP) is 3.68. The van der Waals surface area contributed by atoms with Gasteiger partial charge in [0.05, 0.1) is 23.9 Å². The summed E-state index contributed by atoms with van der Waals surface area (Å²) in [4.78, 5) is 36.2. The Morgan fingerprint density at radius 2 is 1.50 bits per heavy atom. The molecular weight excluding hydrogens is 384 g/mol. The predicted molar refractivity (Wildman–Crippen MR) is 112 cm³/mol. The van der Waals surface area contributed by atoms with E-state index >= 15 is 0 Å². The van der Waals surface area contributed by atoms with Crippen molar-refractivity contribution in [3.63, 3.8) is 0 Å². The minimum atomic E-state index is -0.612. The Morgan fingerprint density at radius 1 is 0.867 bits per heavy atom. The zero-order valence-electron chi connectivity index (χ0n) is 17.0. The molecule has 0 aliphatic rings. The number of methoxy groups -OCH3 is 1. The summed E-state index contributed by atoms with van der Waals surface area (Å²) in [5.74, 6) is -1.75. The molecule has 0 saturated carbocycles. The Bertz CT molecular complexity index is 1060. The quantitative estimate of drug-likeness (QED) is 0.631. The number of para-hydroxylation sites is 1. The molecule has 7 heteroatoms. The molecule has 0 aliphatic heterocycles. The van der Waals surface area contributed by atoms with Crippen LogP contribution in [0.1, 0.15) is 32.1 Å². The average Bonchev–Trinajstić information content (AvgIpc) is 3.10. The maximum Gasteiger partial charge on any atom is 0.339 e. The minimum absolute atomic E-state index is 0.214. The first-order valence-electron chi connectivity index (χ1n) is 9.30. The van der Waals surface area contributed by atoms with Gasteiger partial charge >= 0.3 is 11.9 Å². The highest BCUT2D eigenvalue weighted by atomic mass is 16.5. The number of nitrogens with zero attached hydrogens (tertiary/aromatic N) is 1. The van der Waals surface area contributed by atoms with E-state index in [4.69, 9.17) is 4.74 Å². The van der Waals surface area contributed by atoms with Crippen LogP contribution in [0.4, 0.5) is 5.69 Å². The second kappa shape index (κ2) is 9.09. The molecule has 0 atom stereocenters. The summed E-state index contributed by atoms with van der Waals surface area (Å²) in [6.45, 7) is 3.53. The number of ether oxygens (including phenoxy) is 2. The third-order valence-corrected chi connectivity index (χ3v) is 4.57. The first-order valence-corrected chi connectivity index (χ1v) is 9.30. The van der Waals surface area contributed by atoms with E-state index in [1.807, 2.05) is 38.1 Å². The number of aromatic nitrogens is 1. The fraction of sp³-hybridized carbons (Fsp3) is 0.174. The van der Waals surface area contributed by atoms with Crippen LogP contribution >= 0.6 is 0 Å². The maximum atomic E-state index is 12.3. The number of amides is 1. The number of nitrogens with one attached hydrogen (secondary N) is 1. The summed E-state index contributed by atoms with van der Waals surface area (Å²) >= 11 is 0. The van der Waals surface area contributed by atoms with Gasteiger partial charge in [-0.1, -0.05) is 12.1 Å². The van der Waals surface area contributed by atoms with Crippen LogP contribution in [0.25, 0.3) is 5.69 Å². The molecule has 0 aliphatic carbocycles. The number of hydrogen-bond donors (Lipinski definition) is 1. The van der Waals surface area contributed by atoms with E-state index < -0.39 is 24.5 Å². The SMILES string of the molecule is COC(=O)c1ccccc1NC(=O)COC(=O)c1ccc(-n2c(C)ccc2C)cc1. The smallest absolute Gasteiger partial charge is 0.339 e. The van der Waals surface area contributed by atoms with Crippen LogP contribution in [0.2, 0.25) is 0 Å². The molecule has 154 valence electrons. The molecule has 1 aromatic heterocycles. The molecule has 0 spiro atoms. The Kier molecular flexibility index (Phi) is 6.32. The van der Waals surface area contributed by atoms with Crippen molar-refractivity contribution < 1.29 is 23.9 Å². The number of esters is 2. The lowest BCUT2D eigenvalue weighted by molar-refractivity contribution is -0.119. The highest BCUT2D eigenvalue weighted by Crippen LogP contribution is 2.18. The Morgan fingerprint density at radius 3 is 2.13 bits per heavy atom. The lowest BCUT2D eigenvalue weighted by Crippen LogP contribution is -2.22. The minimum Gasteiger partial charge on any atom is -0.465 e. The van der Waals surface area contributed by atoms with E-state index in [-0.39, 0.29) is 11.3 Å². The van der Waals surface area contributed by atoms with E-state index in [2.05, 4.69) is 14.6 Å². The van der Waals surface area contributed by atoms with Crippen LogP contribution in [0.3, 0.4) is 0 Å². The van der Waals surface area contributed by atoms with E-state index in [0.717, 1.165) is 17.1 Å². The molecule has 3 rings (SSSR count). The van der Waals surface area contributed by atoms with Gasteiger partial charge in [-0.3, -0.25) is 4.79 Å².